The minimum absolute atomic E-state index is 0.282. The third kappa shape index (κ3) is 2.13. The molecule has 1 aromatic carbocycles. The number of anilines is 1. The highest BCUT2D eigenvalue weighted by atomic mass is 19.2. The van der Waals surface area contributed by atoms with Crippen LogP contribution < -0.4 is 10.6 Å². The predicted octanol–water partition coefficient (Wildman–Crippen LogP) is 1.08. The van der Waals surface area contributed by atoms with Crippen LogP contribution in [0.3, 0.4) is 0 Å². The summed E-state index contributed by atoms with van der Waals surface area (Å²) >= 11 is 0. The van der Waals surface area contributed by atoms with Crippen LogP contribution in [0, 0.1) is 29.2 Å². The monoisotopic (exact) mass is 276 g/mol. The third-order valence-electron chi connectivity index (χ3n) is 2.90. The summed E-state index contributed by atoms with van der Waals surface area (Å²) in [6.45, 7) is -0.296. The average Bonchev–Trinajstić information content (AvgIpc) is 2.73. The fourth-order valence-electron chi connectivity index (χ4n) is 1.89. The molecule has 1 unspecified atom stereocenters. The van der Waals surface area contributed by atoms with Crippen molar-refractivity contribution in [3.63, 3.8) is 0 Å². The normalized spacial score (nSPS) is 19.1. The number of halogens is 4. The van der Waals surface area contributed by atoms with E-state index < -0.39 is 46.7 Å². The lowest BCUT2D eigenvalue weighted by molar-refractivity contribution is -0.123. The second kappa shape index (κ2) is 4.52. The minimum atomic E-state index is -2.01. The van der Waals surface area contributed by atoms with Gasteiger partial charge in [0, 0.05) is 19.0 Å². The second-order valence-corrected chi connectivity index (χ2v) is 4.13. The van der Waals surface area contributed by atoms with Gasteiger partial charge in [0.05, 0.1) is 11.6 Å². The van der Waals surface area contributed by atoms with E-state index in [2.05, 4.69) is 0 Å². The van der Waals surface area contributed by atoms with Crippen LogP contribution in [0.4, 0.5) is 23.2 Å². The highest BCUT2D eigenvalue weighted by Gasteiger charge is 2.36. The summed E-state index contributed by atoms with van der Waals surface area (Å²) in [5.41, 5.74) is 4.26. The van der Waals surface area contributed by atoms with Crippen molar-refractivity contribution in [2.24, 2.45) is 11.7 Å². The van der Waals surface area contributed by atoms with Crippen molar-refractivity contribution in [1.82, 2.24) is 0 Å². The number of nitrogens with zero attached hydrogens (tertiary/aromatic N) is 1. The number of rotatable bonds is 2. The number of primary amides is 1. The van der Waals surface area contributed by atoms with Gasteiger partial charge in [-0.1, -0.05) is 0 Å². The molecule has 1 fully saturated rings. The van der Waals surface area contributed by atoms with Gasteiger partial charge in [0.25, 0.3) is 0 Å². The number of carbonyl (C=O) groups excluding carboxylic acids is 2. The van der Waals surface area contributed by atoms with Crippen LogP contribution in [0.5, 0.6) is 0 Å². The molecular formula is C11H8F4N2O2. The Bertz CT molecular complexity index is 576. The minimum Gasteiger partial charge on any atom is -0.369 e. The van der Waals surface area contributed by atoms with Gasteiger partial charge in [0.2, 0.25) is 11.8 Å². The smallest absolute Gasteiger partial charge is 0.227 e. The zero-order valence-corrected chi connectivity index (χ0v) is 9.42. The van der Waals surface area contributed by atoms with Crippen molar-refractivity contribution < 1.29 is 27.2 Å². The molecule has 1 aliphatic rings. The van der Waals surface area contributed by atoms with E-state index >= 15 is 0 Å². The van der Waals surface area contributed by atoms with Crippen LogP contribution in [0.25, 0.3) is 0 Å². The average molecular weight is 276 g/mol. The Morgan fingerprint density at radius 1 is 1.21 bits per heavy atom. The first-order chi connectivity index (χ1) is 8.82. The molecule has 0 aromatic heterocycles. The summed E-state index contributed by atoms with van der Waals surface area (Å²) < 4.78 is 52.4. The fraction of sp³-hybridized carbons (Fsp3) is 0.273. The maximum Gasteiger partial charge on any atom is 0.227 e. The van der Waals surface area contributed by atoms with Gasteiger partial charge in [0.1, 0.15) is 0 Å². The summed E-state index contributed by atoms with van der Waals surface area (Å²) in [6.07, 6.45) is -0.282. The summed E-state index contributed by atoms with van der Waals surface area (Å²) in [5.74, 6) is -9.64. The van der Waals surface area contributed by atoms with E-state index in [4.69, 9.17) is 5.73 Å². The van der Waals surface area contributed by atoms with Gasteiger partial charge in [0.15, 0.2) is 23.3 Å². The summed E-state index contributed by atoms with van der Waals surface area (Å²) in [5, 5.41) is 0. The van der Waals surface area contributed by atoms with E-state index in [-0.39, 0.29) is 13.0 Å². The summed E-state index contributed by atoms with van der Waals surface area (Å²) in [4.78, 5) is 23.2. The highest BCUT2D eigenvalue weighted by Crippen LogP contribution is 2.30. The van der Waals surface area contributed by atoms with Crippen molar-refractivity contribution in [2.75, 3.05) is 11.4 Å². The van der Waals surface area contributed by atoms with Crippen molar-refractivity contribution in [2.45, 2.75) is 6.42 Å². The highest BCUT2D eigenvalue weighted by molar-refractivity contribution is 6.00. The van der Waals surface area contributed by atoms with Gasteiger partial charge in [-0.25, -0.2) is 17.6 Å². The first kappa shape index (κ1) is 13.3. The predicted molar refractivity (Wildman–Crippen MR) is 55.9 cm³/mol. The Kier molecular flexibility index (Phi) is 3.17. The lowest BCUT2D eigenvalue weighted by atomic mass is 10.1. The molecule has 0 aliphatic carbocycles. The van der Waals surface area contributed by atoms with Crippen molar-refractivity contribution in [1.29, 1.82) is 0 Å². The van der Waals surface area contributed by atoms with E-state index in [1.807, 2.05) is 0 Å². The SMILES string of the molecule is NC(=O)C1CC(=O)N(c2cc(F)c(F)c(F)c2F)C1. The molecule has 102 valence electrons. The third-order valence-corrected chi connectivity index (χ3v) is 2.90. The molecular weight excluding hydrogens is 268 g/mol. The van der Waals surface area contributed by atoms with Crippen LogP contribution in [-0.4, -0.2) is 18.4 Å². The van der Waals surface area contributed by atoms with Gasteiger partial charge >= 0.3 is 0 Å². The molecule has 19 heavy (non-hydrogen) atoms. The molecule has 0 bridgehead atoms. The van der Waals surface area contributed by atoms with Crippen molar-refractivity contribution in [3.05, 3.63) is 29.3 Å². The Morgan fingerprint density at radius 2 is 1.84 bits per heavy atom. The molecule has 0 radical (unpaired) electrons. The number of hydrogen-bond acceptors (Lipinski definition) is 2. The Morgan fingerprint density at radius 3 is 2.37 bits per heavy atom. The summed E-state index contributed by atoms with van der Waals surface area (Å²) in [7, 11) is 0. The standard InChI is InChI=1S/C11H8F4N2O2/c12-5-2-6(9(14)10(15)8(5)13)17-3-4(11(16)19)1-7(17)18/h2,4H,1,3H2,(H2,16,19). The molecule has 1 saturated heterocycles. The maximum absolute atomic E-state index is 13.5. The molecule has 2 amide bonds. The Labute approximate surface area is 104 Å². The topological polar surface area (TPSA) is 63.4 Å². The fourth-order valence-corrected chi connectivity index (χ4v) is 1.89. The van der Waals surface area contributed by atoms with Gasteiger partial charge in [-0.2, -0.15) is 0 Å². The second-order valence-electron chi connectivity index (χ2n) is 4.13. The molecule has 1 heterocycles. The largest absolute Gasteiger partial charge is 0.369 e. The van der Waals surface area contributed by atoms with E-state index in [9.17, 15) is 27.2 Å². The van der Waals surface area contributed by atoms with Gasteiger partial charge in [-0.15, -0.1) is 0 Å². The molecule has 2 N–H and O–H groups in total. The van der Waals surface area contributed by atoms with Crippen molar-refractivity contribution >= 4 is 17.5 Å². The van der Waals surface area contributed by atoms with Crippen molar-refractivity contribution in [3.8, 4) is 0 Å². The van der Waals surface area contributed by atoms with Gasteiger partial charge in [-0.05, 0) is 0 Å². The Hall–Kier alpha value is -2.12. The molecule has 2 rings (SSSR count). The number of amides is 2. The first-order valence-corrected chi connectivity index (χ1v) is 5.25. The maximum atomic E-state index is 13.5. The molecule has 0 spiro atoms. The molecule has 8 heteroatoms. The van der Waals surface area contributed by atoms with Crippen LogP contribution in [0.2, 0.25) is 0 Å². The molecule has 1 atom stereocenters. The lowest BCUT2D eigenvalue weighted by Gasteiger charge is -2.17. The van der Waals surface area contributed by atoms with Crippen LogP contribution in [-0.2, 0) is 9.59 Å². The Balaban J connectivity index is 2.43. The zero-order chi connectivity index (χ0) is 14.3. The zero-order valence-electron chi connectivity index (χ0n) is 9.42. The van der Waals surface area contributed by atoms with Gasteiger partial charge < -0.3 is 10.6 Å². The number of nitrogens with two attached hydrogens (primary N) is 1. The van der Waals surface area contributed by atoms with E-state index in [0.717, 1.165) is 0 Å². The van der Waals surface area contributed by atoms with Crippen LogP contribution in [0.1, 0.15) is 6.42 Å². The number of benzene rings is 1. The summed E-state index contributed by atoms with van der Waals surface area (Å²) in [6, 6.07) is 0.370. The van der Waals surface area contributed by atoms with Crippen LogP contribution >= 0.6 is 0 Å². The molecule has 1 aromatic rings. The van der Waals surface area contributed by atoms with Crippen LogP contribution in [0.15, 0.2) is 6.07 Å². The quantitative estimate of drug-likeness (QED) is 0.499. The van der Waals surface area contributed by atoms with E-state index in [1.165, 1.54) is 0 Å². The molecule has 4 nitrogen and oxygen atoms in total. The van der Waals surface area contributed by atoms with E-state index in [1.54, 1.807) is 0 Å². The number of carbonyl (C=O) groups is 2. The van der Waals surface area contributed by atoms with E-state index in [0.29, 0.717) is 11.0 Å². The first-order valence-electron chi connectivity index (χ1n) is 5.25. The number of hydrogen-bond donors (Lipinski definition) is 1. The lowest BCUT2D eigenvalue weighted by Crippen LogP contribution is -2.29. The van der Waals surface area contributed by atoms with Gasteiger partial charge in [-0.3, -0.25) is 9.59 Å². The molecule has 0 saturated carbocycles. The molecule has 1 aliphatic heterocycles.